The van der Waals surface area contributed by atoms with Crippen molar-refractivity contribution in [2.24, 2.45) is 0 Å². The number of benzene rings is 2. The van der Waals surface area contributed by atoms with Crippen molar-refractivity contribution >= 4 is 66.0 Å². The summed E-state index contributed by atoms with van der Waals surface area (Å²) in [6.45, 7) is 0. The van der Waals surface area contributed by atoms with Crippen LogP contribution in [0, 0.1) is 0 Å². The summed E-state index contributed by atoms with van der Waals surface area (Å²) in [6.07, 6.45) is 0. The highest BCUT2D eigenvalue weighted by Crippen LogP contribution is 2.35. The molecule has 0 fully saturated rings. The number of para-hydroxylation sites is 1. The molecule has 0 bridgehead atoms. The Morgan fingerprint density at radius 3 is 2.07 bits per heavy atom. The summed E-state index contributed by atoms with van der Waals surface area (Å²) in [5.41, 5.74) is -0.283. The number of carbonyl (C=O) groups excluding carboxylic acids is 1. The van der Waals surface area contributed by atoms with E-state index in [2.05, 4.69) is 31.9 Å². The van der Waals surface area contributed by atoms with Crippen LogP contribution in [0.2, 0.25) is 0 Å². The van der Waals surface area contributed by atoms with Gasteiger partial charge in [0.05, 0.1) is 11.0 Å². The first-order valence-electron chi connectivity index (χ1n) is 8.33. The summed E-state index contributed by atoms with van der Waals surface area (Å²) >= 11 is 6.65. The van der Waals surface area contributed by atoms with Gasteiger partial charge in [0.15, 0.2) is 0 Å². The Morgan fingerprint density at radius 1 is 0.828 bits per heavy atom. The van der Waals surface area contributed by atoms with Gasteiger partial charge in [0.1, 0.15) is 16.8 Å². The maximum Gasteiger partial charge on any atom is 0.338 e. The largest absolute Gasteiger partial charge is 0.478 e. The molecule has 0 spiro atoms. The Kier molecular flexibility index (Phi) is 4.76. The first kappa shape index (κ1) is 19.4. The zero-order chi connectivity index (χ0) is 20.9. The van der Waals surface area contributed by atoms with E-state index in [9.17, 15) is 24.6 Å². The fourth-order valence-corrected chi connectivity index (χ4v) is 4.31. The van der Waals surface area contributed by atoms with E-state index >= 15 is 0 Å². The van der Waals surface area contributed by atoms with E-state index in [0.29, 0.717) is 9.99 Å². The second-order valence-corrected chi connectivity index (χ2v) is 8.05. The lowest BCUT2D eigenvalue weighted by Gasteiger charge is -2.09. The van der Waals surface area contributed by atoms with Crippen LogP contribution in [0.3, 0.4) is 0 Å². The van der Waals surface area contributed by atoms with Crippen LogP contribution < -0.4 is 0 Å². The van der Waals surface area contributed by atoms with Crippen LogP contribution in [0.25, 0.3) is 16.4 Å². The molecular formula is C21H11Br2NO5. The Morgan fingerprint density at radius 2 is 1.45 bits per heavy atom. The molecule has 2 heterocycles. The van der Waals surface area contributed by atoms with Gasteiger partial charge in [0.25, 0.3) is 0 Å². The van der Waals surface area contributed by atoms with Crippen LogP contribution in [0.15, 0.2) is 63.5 Å². The number of carbonyl (C=O) groups is 3. The second kappa shape index (κ2) is 7.13. The van der Waals surface area contributed by atoms with Crippen molar-refractivity contribution in [2.75, 3.05) is 0 Å². The number of nitrogens with zero attached hydrogens (tertiary/aromatic N) is 1. The molecule has 4 aromatic rings. The SMILES string of the molecule is O=C(O)c1c(C(=O)O)c2c(Br)cc3ccccc3n2c1C(=O)c1ccc(Br)cc1. The molecule has 8 heteroatoms. The number of hydrogen-bond donors (Lipinski definition) is 2. The van der Waals surface area contributed by atoms with Crippen molar-refractivity contribution < 1.29 is 24.6 Å². The molecule has 2 aromatic carbocycles. The van der Waals surface area contributed by atoms with E-state index in [1.807, 2.05) is 0 Å². The van der Waals surface area contributed by atoms with Gasteiger partial charge in [-0.15, -0.1) is 0 Å². The number of hydrogen-bond acceptors (Lipinski definition) is 3. The maximum atomic E-state index is 13.4. The molecule has 144 valence electrons. The lowest BCUT2D eigenvalue weighted by Crippen LogP contribution is -2.13. The van der Waals surface area contributed by atoms with E-state index in [0.717, 1.165) is 9.86 Å². The zero-order valence-corrected chi connectivity index (χ0v) is 17.7. The molecule has 0 atom stereocenters. The van der Waals surface area contributed by atoms with Gasteiger partial charge in [0, 0.05) is 14.5 Å². The average molecular weight is 517 g/mol. The van der Waals surface area contributed by atoms with Crippen molar-refractivity contribution in [3.8, 4) is 0 Å². The molecule has 2 N–H and O–H groups in total. The third-order valence-corrected chi connectivity index (χ3v) is 5.74. The third-order valence-electron chi connectivity index (χ3n) is 4.61. The lowest BCUT2D eigenvalue weighted by molar-refractivity contribution is 0.0652. The minimum absolute atomic E-state index is 0.120. The van der Waals surface area contributed by atoms with E-state index in [4.69, 9.17) is 0 Å². The van der Waals surface area contributed by atoms with Crippen LogP contribution in [-0.4, -0.2) is 32.3 Å². The van der Waals surface area contributed by atoms with Gasteiger partial charge in [-0.3, -0.25) is 4.79 Å². The van der Waals surface area contributed by atoms with Crippen molar-refractivity contribution in [1.82, 2.24) is 4.40 Å². The predicted octanol–water partition coefficient (Wildman–Crippen LogP) is 5.24. The van der Waals surface area contributed by atoms with E-state index in [-0.39, 0.29) is 16.8 Å². The quantitative estimate of drug-likeness (QED) is 0.361. The number of aromatic nitrogens is 1. The third kappa shape index (κ3) is 3.04. The normalized spacial score (nSPS) is 11.1. The molecule has 0 radical (unpaired) electrons. The summed E-state index contributed by atoms with van der Waals surface area (Å²) in [4.78, 5) is 37.5. The van der Waals surface area contributed by atoms with Gasteiger partial charge < -0.3 is 14.6 Å². The van der Waals surface area contributed by atoms with Crippen LogP contribution >= 0.6 is 31.9 Å². The van der Waals surface area contributed by atoms with Crippen LogP contribution in [-0.2, 0) is 0 Å². The molecule has 0 aliphatic heterocycles. The summed E-state index contributed by atoms with van der Waals surface area (Å²) in [7, 11) is 0. The number of ketones is 1. The van der Waals surface area contributed by atoms with E-state index in [1.165, 1.54) is 4.40 Å². The lowest BCUT2D eigenvalue weighted by atomic mass is 10.0. The first-order chi connectivity index (χ1) is 13.8. The molecule has 0 aliphatic carbocycles. The van der Waals surface area contributed by atoms with Crippen molar-refractivity contribution in [1.29, 1.82) is 0 Å². The Bertz CT molecular complexity index is 1340. The van der Waals surface area contributed by atoms with Crippen LogP contribution in [0.4, 0.5) is 0 Å². The molecule has 29 heavy (non-hydrogen) atoms. The maximum absolute atomic E-state index is 13.4. The monoisotopic (exact) mass is 515 g/mol. The van der Waals surface area contributed by atoms with Gasteiger partial charge in [-0.25, -0.2) is 9.59 Å². The fourth-order valence-electron chi connectivity index (χ4n) is 3.43. The van der Waals surface area contributed by atoms with Gasteiger partial charge in [-0.1, -0.05) is 34.1 Å². The number of carboxylic acids is 2. The van der Waals surface area contributed by atoms with Crippen molar-refractivity contribution in [3.63, 3.8) is 0 Å². The first-order valence-corrected chi connectivity index (χ1v) is 9.92. The van der Waals surface area contributed by atoms with Crippen molar-refractivity contribution in [3.05, 3.63) is 85.9 Å². The number of rotatable bonds is 4. The molecule has 0 saturated carbocycles. The van der Waals surface area contributed by atoms with Crippen LogP contribution in [0.1, 0.15) is 36.8 Å². The molecule has 0 saturated heterocycles. The standard InChI is InChI=1S/C21H11Br2NO5/c22-12-7-5-10(6-8-12)19(25)18-16(21(28)29)15(20(26)27)17-13(23)9-11-3-1-2-4-14(11)24(17)18/h1-9H,(H,26,27)(H,28,29). The number of pyridine rings is 1. The highest BCUT2D eigenvalue weighted by Gasteiger charge is 2.33. The molecule has 6 nitrogen and oxygen atoms in total. The molecule has 2 aromatic heterocycles. The van der Waals surface area contributed by atoms with E-state index in [1.54, 1.807) is 54.6 Å². The minimum atomic E-state index is -1.48. The fraction of sp³-hybridized carbons (Fsp3) is 0. The zero-order valence-electron chi connectivity index (χ0n) is 14.5. The van der Waals surface area contributed by atoms with Gasteiger partial charge in [-0.05, 0) is 57.7 Å². The molecule has 4 rings (SSSR count). The molecule has 0 aliphatic rings. The van der Waals surface area contributed by atoms with Crippen molar-refractivity contribution in [2.45, 2.75) is 0 Å². The molecule has 0 amide bonds. The Hall–Kier alpha value is -2.97. The molecular weight excluding hydrogens is 506 g/mol. The average Bonchev–Trinajstić information content (AvgIpc) is 3.06. The highest BCUT2D eigenvalue weighted by atomic mass is 79.9. The smallest absolute Gasteiger partial charge is 0.338 e. The highest BCUT2D eigenvalue weighted by molar-refractivity contribution is 9.11. The summed E-state index contributed by atoms with van der Waals surface area (Å²) < 4.78 is 2.55. The molecule has 0 unspecified atom stereocenters. The minimum Gasteiger partial charge on any atom is -0.478 e. The van der Waals surface area contributed by atoms with Gasteiger partial charge in [-0.2, -0.15) is 0 Å². The second-order valence-electron chi connectivity index (χ2n) is 6.28. The predicted molar refractivity (Wildman–Crippen MR) is 114 cm³/mol. The Labute approximate surface area is 180 Å². The van der Waals surface area contributed by atoms with E-state index < -0.39 is 28.8 Å². The number of halogens is 2. The number of carboxylic acid groups (broad SMARTS) is 2. The van der Waals surface area contributed by atoms with Gasteiger partial charge >= 0.3 is 11.9 Å². The van der Waals surface area contributed by atoms with Crippen LogP contribution in [0.5, 0.6) is 0 Å². The number of aromatic carboxylic acids is 2. The van der Waals surface area contributed by atoms with Gasteiger partial charge in [0.2, 0.25) is 5.78 Å². The summed E-state index contributed by atoms with van der Waals surface area (Å²) in [5, 5.41) is 20.4. The summed E-state index contributed by atoms with van der Waals surface area (Å²) in [6, 6.07) is 15.2. The number of fused-ring (bicyclic) bond motifs is 3. The summed E-state index contributed by atoms with van der Waals surface area (Å²) in [5.74, 6) is -3.49. The Balaban J connectivity index is 2.24. The topological polar surface area (TPSA) is 96.1 Å².